The standard InChI is InChI=1S/C44H36N4O16S4.4Na/c1-25(49)26-3-7-29(8-4-26)42(50)47-34-17-19-36(40(23-34)67(59,60)61)37-20-18-35(24-41(37)68(62,63)64)48-44(52)31-11-9-30(10-12-31)43(51)46-33-16-14-28(39(22-33)66(56,57)58)6-5-27-13-15-32(45-2)21-38(27)65(53,54)55;;;;/h3-24,45H,1-2H3,(H,46,51)(H,47,50)(H,48,52)(H,53,54,55)(H,56,57,58)(H,59,60,61)(H,62,63,64);;;;/q;4*+1/p-4. The van der Waals surface area contributed by atoms with Gasteiger partial charge in [0.15, 0.2) is 5.78 Å². The van der Waals surface area contributed by atoms with Crippen LogP contribution < -0.4 is 139 Å². The molecule has 0 aromatic heterocycles. The van der Waals surface area contributed by atoms with Gasteiger partial charge in [0.05, 0.1) is 19.6 Å². The Morgan fingerprint density at radius 3 is 0.944 bits per heavy atom. The van der Waals surface area contributed by atoms with Crippen LogP contribution in [0.4, 0.5) is 22.7 Å². The Morgan fingerprint density at radius 2 is 0.653 bits per heavy atom. The quantitative estimate of drug-likeness (QED) is 0.0321. The smallest absolute Gasteiger partial charge is 0.744 e. The summed E-state index contributed by atoms with van der Waals surface area (Å²) in [5.41, 5.74) is -1.47. The Morgan fingerprint density at radius 1 is 0.389 bits per heavy atom. The third-order valence-corrected chi connectivity index (χ3v) is 13.4. The molecule has 0 bridgehead atoms. The molecule has 6 aromatic rings. The van der Waals surface area contributed by atoms with Crippen LogP contribution in [0, 0.1) is 0 Å². The maximum absolute atomic E-state index is 13.2. The van der Waals surface area contributed by atoms with E-state index in [-0.39, 0.29) is 169 Å². The molecule has 0 fully saturated rings. The van der Waals surface area contributed by atoms with Gasteiger partial charge in [0, 0.05) is 63.2 Å². The topological polar surface area (TPSA) is 345 Å². The number of ketones is 1. The summed E-state index contributed by atoms with van der Waals surface area (Å²) in [5, 5.41) is 9.87. The number of carbonyl (C=O) groups is 4. The van der Waals surface area contributed by atoms with E-state index in [4.69, 9.17) is 0 Å². The van der Waals surface area contributed by atoms with E-state index in [1.54, 1.807) is 0 Å². The largest absolute Gasteiger partial charge is 1.00 e. The van der Waals surface area contributed by atoms with Gasteiger partial charge in [-0.25, -0.2) is 33.7 Å². The normalized spacial score (nSPS) is 11.4. The zero-order valence-corrected chi connectivity index (χ0v) is 50.1. The molecule has 0 aliphatic rings. The molecule has 3 amide bonds. The first-order valence-corrected chi connectivity index (χ1v) is 24.8. The summed E-state index contributed by atoms with van der Waals surface area (Å²) in [6, 6.07) is 23.0. The van der Waals surface area contributed by atoms with Crippen LogP contribution in [0.1, 0.15) is 59.5 Å². The molecule has 0 spiro atoms. The number of amides is 3. The predicted molar refractivity (Wildman–Crippen MR) is 242 cm³/mol. The Kier molecular flexibility index (Phi) is 23.7. The average Bonchev–Trinajstić information content (AvgIpc) is 3.27. The van der Waals surface area contributed by atoms with E-state index in [9.17, 15) is 71.1 Å². The fourth-order valence-corrected chi connectivity index (χ4v) is 9.32. The van der Waals surface area contributed by atoms with E-state index in [0.717, 1.165) is 66.7 Å². The van der Waals surface area contributed by atoms with E-state index in [1.807, 2.05) is 0 Å². The van der Waals surface area contributed by atoms with Crippen molar-refractivity contribution in [3.63, 3.8) is 0 Å². The van der Waals surface area contributed by atoms with Crippen molar-refractivity contribution in [2.24, 2.45) is 0 Å². The molecule has 0 heterocycles. The van der Waals surface area contributed by atoms with E-state index < -0.39 is 88.9 Å². The van der Waals surface area contributed by atoms with E-state index >= 15 is 0 Å². The van der Waals surface area contributed by atoms with E-state index in [2.05, 4.69) is 21.3 Å². The molecule has 0 aliphatic heterocycles. The van der Waals surface area contributed by atoms with Crippen LogP contribution in [0.15, 0.2) is 141 Å². The zero-order valence-electron chi connectivity index (χ0n) is 38.9. The molecule has 0 saturated heterocycles. The number of nitrogens with one attached hydrogen (secondary N) is 4. The molecule has 0 unspecified atom stereocenters. The third kappa shape index (κ3) is 16.5. The number of hydrogen-bond acceptors (Lipinski definition) is 17. The second-order valence-electron chi connectivity index (χ2n) is 14.4. The Hall–Kier alpha value is -3.42. The molecule has 352 valence electrons. The first kappa shape index (κ1) is 64.7. The van der Waals surface area contributed by atoms with Gasteiger partial charge < -0.3 is 39.5 Å². The molecule has 20 nitrogen and oxygen atoms in total. The van der Waals surface area contributed by atoms with Crippen LogP contribution in [0.2, 0.25) is 0 Å². The number of anilines is 4. The minimum Gasteiger partial charge on any atom is -0.744 e. The van der Waals surface area contributed by atoms with Crippen LogP contribution >= 0.6 is 0 Å². The van der Waals surface area contributed by atoms with Gasteiger partial charge in [-0.1, -0.05) is 48.6 Å². The SMILES string of the molecule is CNc1ccc(C=Cc2ccc(NC(=O)c3ccc(C(=O)Nc4ccc(-c5ccc(NC(=O)c6ccc(C(C)=O)cc6)cc5S(=O)(=O)[O-])c(S(=O)(=O)[O-])c4)cc3)cc2S(=O)(=O)[O-])c(S(=O)(=O)[O-])c1.[Na+].[Na+].[Na+].[Na+]. The van der Waals surface area contributed by atoms with Crippen molar-refractivity contribution in [2.75, 3.05) is 28.3 Å². The van der Waals surface area contributed by atoms with Gasteiger partial charge in [-0.2, -0.15) is 0 Å². The van der Waals surface area contributed by atoms with E-state index in [1.165, 1.54) is 80.7 Å². The van der Waals surface area contributed by atoms with Crippen LogP contribution in [0.25, 0.3) is 23.3 Å². The molecular formula is C44H32N4Na4O16S4. The number of benzene rings is 6. The van der Waals surface area contributed by atoms with Gasteiger partial charge in [0.2, 0.25) is 0 Å². The van der Waals surface area contributed by atoms with Crippen LogP contribution in [0.3, 0.4) is 0 Å². The minimum atomic E-state index is -5.44. The molecule has 6 aromatic carbocycles. The average molecular weight is 1090 g/mol. The summed E-state index contributed by atoms with van der Waals surface area (Å²) in [7, 11) is -19.5. The van der Waals surface area contributed by atoms with Gasteiger partial charge >= 0.3 is 118 Å². The van der Waals surface area contributed by atoms with Crippen LogP contribution in [-0.4, -0.2) is 82.4 Å². The molecule has 0 aliphatic carbocycles. The van der Waals surface area contributed by atoms with Crippen molar-refractivity contribution in [3.8, 4) is 11.1 Å². The molecule has 0 atom stereocenters. The summed E-state index contributed by atoms with van der Waals surface area (Å²) in [6.45, 7) is 1.33. The number of hydrogen-bond donors (Lipinski definition) is 4. The van der Waals surface area contributed by atoms with Crippen molar-refractivity contribution in [1.82, 2.24) is 0 Å². The van der Waals surface area contributed by atoms with Gasteiger partial charge in [-0.15, -0.1) is 0 Å². The summed E-state index contributed by atoms with van der Waals surface area (Å²) in [5.74, 6) is -2.72. The van der Waals surface area contributed by atoms with Gasteiger partial charge in [-0.3, -0.25) is 19.2 Å². The second kappa shape index (κ2) is 26.4. The van der Waals surface area contributed by atoms with Gasteiger partial charge in [0.1, 0.15) is 40.5 Å². The monoisotopic (exact) mass is 1090 g/mol. The van der Waals surface area contributed by atoms with Crippen molar-refractivity contribution >= 4 is 98.9 Å². The zero-order chi connectivity index (χ0) is 49.9. The van der Waals surface area contributed by atoms with E-state index in [0.29, 0.717) is 11.3 Å². The third-order valence-electron chi connectivity index (χ3n) is 9.83. The van der Waals surface area contributed by atoms with Crippen molar-refractivity contribution in [1.29, 1.82) is 0 Å². The Balaban J connectivity index is 0.00000444. The Bertz CT molecular complexity index is 3570. The number of Topliss-reactive ketones (excluding diaryl/α,β-unsaturated/α-hetero) is 1. The predicted octanol–water partition coefficient (Wildman–Crippen LogP) is -6.84. The molecule has 6 rings (SSSR count). The van der Waals surface area contributed by atoms with Crippen LogP contribution in [-0.2, 0) is 40.5 Å². The van der Waals surface area contributed by atoms with Crippen molar-refractivity contribution in [3.05, 3.63) is 155 Å². The summed E-state index contributed by atoms with van der Waals surface area (Å²) in [6.07, 6.45) is 2.22. The first-order chi connectivity index (χ1) is 31.7. The maximum Gasteiger partial charge on any atom is 1.00 e. The summed E-state index contributed by atoms with van der Waals surface area (Å²) < 4.78 is 147. The van der Waals surface area contributed by atoms with Crippen LogP contribution in [0.5, 0.6) is 0 Å². The second-order valence-corrected chi connectivity index (χ2v) is 19.8. The summed E-state index contributed by atoms with van der Waals surface area (Å²) in [4.78, 5) is 47.3. The molecule has 0 saturated carbocycles. The van der Waals surface area contributed by atoms with Gasteiger partial charge in [0.25, 0.3) is 17.7 Å². The fourth-order valence-electron chi connectivity index (χ4n) is 6.49. The molecular weight excluding hydrogens is 1060 g/mol. The molecule has 28 heteroatoms. The molecule has 4 N–H and O–H groups in total. The Labute approximate surface area is 502 Å². The first-order valence-electron chi connectivity index (χ1n) is 19.1. The number of carbonyl (C=O) groups excluding carboxylic acids is 4. The van der Waals surface area contributed by atoms with Crippen molar-refractivity contribution in [2.45, 2.75) is 26.5 Å². The van der Waals surface area contributed by atoms with Crippen molar-refractivity contribution < 1.29 is 189 Å². The molecule has 72 heavy (non-hydrogen) atoms. The fraction of sp³-hybridized carbons (Fsp3) is 0.0455. The van der Waals surface area contributed by atoms with Gasteiger partial charge in [-0.05, 0) is 103 Å². The minimum absolute atomic E-state index is 0. The molecule has 0 radical (unpaired) electrons. The summed E-state index contributed by atoms with van der Waals surface area (Å²) >= 11 is 0. The number of rotatable bonds is 15. The maximum atomic E-state index is 13.2.